The van der Waals surface area contributed by atoms with E-state index < -0.39 is 59.9 Å². The molecule has 8 amide bonds. The third-order valence-corrected chi connectivity index (χ3v) is 12.5. The predicted octanol–water partition coefficient (Wildman–Crippen LogP) is 0.940. The Bertz CT molecular complexity index is 1730. The Kier molecular flexibility index (Phi) is 20.7. The molecule has 8 atom stereocenters. The van der Waals surface area contributed by atoms with Gasteiger partial charge in [0.1, 0.15) is 23.9 Å². The van der Waals surface area contributed by atoms with Crippen LogP contribution in [0.2, 0.25) is 0 Å². The molecule has 0 radical (unpaired) electrons. The van der Waals surface area contributed by atoms with Gasteiger partial charge in [-0.2, -0.15) is 11.8 Å². The van der Waals surface area contributed by atoms with Crippen LogP contribution in [0.15, 0.2) is 24.3 Å². The van der Waals surface area contributed by atoms with Crippen molar-refractivity contribution >= 4 is 59.2 Å². The predicted molar refractivity (Wildman–Crippen MR) is 234 cm³/mol. The van der Waals surface area contributed by atoms with E-state index >= 15 is 0 Å². The summed E-state index contributed by atoms with van der Waals surface area (Å²) in [6, 6.07) is 3.57. The van der Waals surface area contributed by atoms with Crippen LogP contribution in [0.4, 0.5) is 4.79 Å². The quantitative estimate of drug-likeness (QED) is 0.0235. The van der Waals surface area contributed by atoms with E-state index in [0.717, 1.165) is 25.0 Å². The number of nitrogens with two attached hydrogens (primary N) is 1. The number of phenolic OH excluding ortho intramolecular Hbond substituents is 1. The van der Waals surface area contributed by atoms with E-state index in [-0.39, 0.29) is 74.0 Å². The number of unbranched alkanes of at least 4 members (excludes halogenated alkanes) is 4. The topological polar surface area (TPSA) is 289 Å². The van der Waals surface area contributed by atoms with Crippen molar-refractivity contribution in [1.82, 2.24) is 37.2 Å². The van der Waals surface area contributed by atoms with Crippen LogP contribution in [0, 0.1) is 5.92 Å². The minimum atomic E-state index is -1.07. The highest BCUT2D eigenvalue weighted by Crippen LogP contribution is 2.33. The Balaban J connectivity index is 1.12. The number of phenols is 1. The van der Waals surface area contributed by atoms with E-state index in [0.29, 0.717) is 62.3 Å². The highest BCUT2D eigenvalue weighted by Gasteiger charge is 2.52. The SMILES string of the molecule is CCOC(=O)[C@@H]1O[C@@H]1C(=O)N[C@@H](CC(C)C)C(=O)N[C@H](Cc1ccc(O)cc1)C(=O)NCCCCCC(=O)N[C@@H](CCCCNC(=O)CCCC[C@@H]1SC[C@@H]2NC(=O)N[C@@H]21)C(N)=O. The number of hydrogen-bond acceptors (Lipinski definition) is 12. The highest BCUT2D eigenvalue weighted by molar-refractivity contribution is 8.00. The molecule has 0 aromatic heterocycles. The molecular formula is C43H66N8O11S. The summed E-state index contributed by atoms with van der Waals surface area (Å²) in [4.78, 5) is 101. The first-order valence-corrected chi connectivity index (χ1v) is 23.2. The number of ether oxygens (including phenoxy) is 2. The molecule has 20 heteroatoms. The number of carbonyl (C=O) groups excluding carboxylic acids is 8. The number of primary amides is 1. The molecule has 0 aliphatic carbocycles. The summed E-state index contributed by atoms with van der Waals surface area (Å²) < 4.78 is 10.1. The van der Waals surface area contributed by atoms with Gasteiger partial charge in [-0.05, 0) is 81.9 Å². The zero-order valence-corrected chi connectivity index (χ0v) is 37.4. The summed E-state index contributed by atoms with van der Waals surface area (Å²) in [6.45, 7) is 6.22. The number of esters is 1. The van der Waals surface area contributed by atoms with Gasteiger partial charge in [-0.1, -0.05) is 38.8 Å². The third kappa shape index (κ3) is 17.5. The van der Waals surface area contributed by atoms with E-state index in [1.807, 2.05) is 25.6 Å². The fourth-order valence-electron chi connectivity index (χ4n) is 7.56. The van der Waals surface area contributed by atoms with Crippen LogP contribution in [0.3, 0.4) is 0 Å². The molecule has 63 heavy (non-hydrogen) atoms. The summed E-state index contributed by atoms with van der Waals surface area (Å²) in [5.74, 6) is -2.41. The first kappa shape index (κ1) is 50.5. The Morgan fingerprint density at radius 3 is 2.24 bits per heavy atom. The van der Waals surface area contributed by atoms with E-state index in [2.05, 4.69) is 37.2 Å². The Hall–Kier alpha value is -5.11. The maximum atomic E-state index is 13.6. The standard InChI is InChI=1S/C43H66N8O11S/c1-4-61-42(59)37-36(62-37)41(58)49-29(22-25(2)3)40(57)48-30(23-26-16-18-27(52)19-17-26)39(56)46-21-10-5-6-15-34(54)47-28(38(44)55)12-9-11-20-45-33(53)14-8-7-13-32-35-31(24-63-32)50-43(60)51-35/h16-19,25,28-32,35-37,52H,4-15,20-24H2,1-3H3,(H2,44,55)(H,45,53)(H,46,56)(H,47,54)(H,48,57)(H,49,58)(H2,50,51,60)/t28-,29-,30+,31-,32-,35-,36-,37+/m0/s1. The maximum Gasteiger partial charge on any atom is 0.338 e. The van der Waals surface area contributed by atoms with Gasteiger partial charge < -0.3 is 57.5 Å². The third-order valence-electron chi connectivity index (χ3n) is 11.0. The molecule has 3 heterocycles. The van der Waals surface area contributed by atoms with Crippen molar-refractivity contribution in [1.29, 1.82) is 0 Å². The Morgan fingerprint density at radius 1 is 0.825 bits per heavy atom. The van der Waals surface area contributed by atoms with Gasteiger partial charge in [0, 0.05) is 43.4 Å². The summed E-state index contributed by atoms with van der Waals surface area (Å²) in [5, 5.41) is 29.9. The first-order valence-electron chi connectivity index (χ1n) is 22.2. The summed E-state index contributed by atoms with van der Waals surface area (Å²) in [7, 11) is 0. The van der Waals surface area contributed by atoms with Gasteiger partial charge >= 0.3 is 12.0 Å². The number of thioether (sulfide) groups is 1. The van der Waals surface area contributed by atoms with Gasteiger partial charge in [0.15, 0.2) is 12.2 Å². The van der Waals surface area contributed by atoms with E-state index in [9.17, 15) is 43.5 Å². The lowest BCUT2D eigenvalue weighted by Crippen LogP contribution is -2.55. The normalized spacial score (nSPS) is 21.1. The molecule has 0 saturated carbocycles. The number of aromatic hydroxyl groups is 1. The molecule has 350 valence electrons. The van der Waals surface area contributed by atoms with Crippen LogP contribution < -0.4 is 43.0 Å². The molecule has 0 spiro atoms. The van der Waals surface area contributed by atoms with E-state index in [1.54, 1.807) is 19.1 Å². The fraction of sp³-hybridized carbons (Fsp3) is 0.674. The smallest absolute Gasteiger partial charge is 0.338 e. The molecule has 19 nitrogen and oxygen atoms in total. The summed E-state index contributed by atoms with van der Waals surface area (Å²) in [5.41, 5.74) is 6.23. The van der Waals surface area contributed by atoms with Gasteiger partial charge in [0.2, 0.25) is 29.5 Å². The molecule has 3 aliphatic heterocycles. The first-order chi connectivity index (χ1) is 30.1. The van der Waals surface area contributed by atoms with Crippen LogP contribution in [0.1, 0.15) is 103 Å². The lowest BCUT2D eigenvalue weighted by Gasteiger charge is -2.24. The molecule has 1 aromatic carbocycles. The van der Waals surface area contributed by atoms with Crippen LogP contribution in [-0.4, -0.2) is 126 Å². The second-order valence-corrected chi connectivity index (χ2v) is 18.0. The number of benzene rings is 1. The van der Waals surface area contributed by atoms with Crippen molar-refractivity contribution in [2.45, 2.75) is 152 Å². The molecule has 3 fully saturated rings. The number of epoxide rings is 1. The van der Waals surface area contributed by atoms with Crippen molar-refractivity contribution in [3.63, 3.8) is 0 Å². The number of rotatable bonds is 29. The lowest BCUT2D eigenvalue weighted by atomic mass is 10.0. The minimum Gasteiger partial charge on any atom is -0.508 e. The van der Waals surface area contributed by atoms with Crippen LogP contribution in [-0.2, 0) is 49.5 Å². The molecule has 10 N–H and O–H groups in total. The molecular weight excluding hydrogens is 837 g/mol. The largest absolute Gasteiger partial charge is 0.508 e. The van der Waals surface area contributed by atoms with Gasteiger partial charge in [-0.3, -0.25) is 28.8 Å². The molecule has 0 bridgehead atoms. The van der Waals surface area contributed by atoms with Crippen LogP contribution in [0.5, 0.6) is 5.75 Å². The van der Waals surface area contributed by atoms with Crippen LogP contribution >= 0.6 is 11.8 Å². The monoisotopic (exact) mass is 902 g/mol. The second kappa shape index (κ2) is 25.9. The minimum absolute atomic E-state index is 0.0131. The van der Waals surface area contributed by atoms with Crippen molar-refractivity contribution in [2.24, 2.45) is 11.7 Å². The Labute approximate surface area is 373 Å². The van der Waals surface area contributed by atoms with Crippen LogP contribution in [0.25, 0.3) is 0 Å². The van der Waals surface area contributed by atoms with Gasteiger partial charge in [0.05, 0.1) is 18.7 Å². The van der Waals surface area contributed by atoms with Crippen molar-refractivity contribution in [3.05, 3.63) is 29.8 Å². The number of amides is 8. The molecule has 0 unspecified atom stereocenters. The molecule has 1 aromatic rings. The summed E-state index contributed by atoms with van der Waals surface area (Å²) >= 11 is 1.86. The number of carbonyl (C=O) groups is 8. The van der Waals surface area contributed by atoms with Gasteiger partial charge in [-0.15, -0.1) is 0 Å². The number of urea groups is 1. The van der Waals surface area contributed by atoms with Crippen molar-refractivity contribution in [2.75, 3.05) is 25.4 Å². The van der Waals surface area contributed by atoms with Gasteiger partial charge in [0.25, 0.3) is 5.91 Å². The van der Waals surface area contributed by atoms with Crippen molar-refractivity contribution < 1.29 is 52.9 Å². The van der Waals surface area contributed by atoms with Crippen molar-refractivity contribution in [3.8, 4) is 5.75 Å². The average Bonchev–Trinajstić information content (AvgIpc) is 3.84. The number of fused-ring (bicyclic) bond motifs is 1. The zero-order chi connectivity index (χ0) is 45.9. The average molecular weight is 903 g/mol. The Morgan fingerprint density at radius 2 is 1.52 bits per heavy atom. The summed E-state index contributed by atoms with van der Waals surface area (Å²) in [6.07, 6.45) is 4.53. The zero-order valence-electron chi connectivity index (χ0n) is 36.5. The fourth-order valence-corrected chi connectivity index (χ4v) is 9.10. The maximum absolute atomic E-state index is 13.6. The van der Waals surface area contributed by atoms with E-state index in [1.165, 1.54) is 12.1 Å². The van der Waals surface area contributed by atoms with E-state index in [4.69, 9.17) is 15.2 Å². The highest BCUT2D eigenvalue weighted by atomic mass is 32.2. The second-order valence-electron chi connectivity index (χ2n) is 16.7. The lowest BCUT2D eigenvalue weighted by molar-refractivity contribution is -0.144. The molecule has 3 aliphatic rings. The van der Waals surface area contributed by atoms with Gasteiger partial charge in [-0.25, -0.2) is 9.59 Å². The number of hydrogen-bond donors (Lipinski definition) is 9. The molecule has 4 rings (SSSR count). The number of nitrogens with one attached hydrogen (secondary N) is 7. The molecule has 3 saturated heterocycles.